The van der Waals surface area contributed by atoms with E-state index in [1.165, 1.54) is 0 Å². The molecule has 0 aliphatic rings. The van der Waals surface area contributed by atoms with Crippen molar-refractivity contribution in [3.05, 3.63) is 26.8 Å². The number of halogens is 1. The van der Waals surface area contributed by atoms with Gasteiger partial charge < -0.3 is 15.6 Å². The fraction of sp³-hybridized carbons (Fsp3) is 0.300. The lowest BCUT2D eigenvalue weighted by atomic mass is 10.1. The molecule has 0 fully saturated rings. The summed E-state index contributed by atoms with van der Waals surface area (Å²) in [6.45, 7) is 2.26. The first-order chi connectivity index (χ1) is 7.10. The van der Waals surface area contributed by atoms with E-state index in [4.69, 9.17) is 10.5 Å². The molecule has 82 valence electrons. The van der Waals surface area contributed by atoms with Gasteiger partial charge in [-0.3, -0.25) is 0 Å². The van der Waals surface area contributed by atoms with Crippen LogP contribution in [0.5, 0.6) is 5.75 Å². The van der Waals surface area contributed by atoms with Gasteiger partial charge in [-0.25, -0.2) is 4.79 Å². The molecule has 0 saturated carbocycles. The summed E-state index contributed by atoms with van der Waals surface area (Å²) in [6.07, 6.45) is 0. The van der Waals surface area contributed by atoms with Crippen molar-refractivity contribution in [3.63, 3.8) is 0 Å². The second kappa shape index (κ2) is 5.32. The van der Waals surface area contributed by atoms with Crippen LogP contribution >= 0.6 is 22.6 Å². The van der Waals surface area contributed by atoms with Crippen LogP contribution in [0.3, 0.4) is 0 Å². The fourth-order valence-corrected chi connectivity index (χ4v) is 1.83. The summed E-state index contributed by atoms with van der Waals surface area (Å²) in [5.74, 6) is -0.267. The monoisotopic (exact) mass is 321 g/mol. The Kier molecular flexibility index (Phi) is 4.34. The van der Waals surface area contributed by atoms with E-state index in [2.05, 4.69) is 0 Å². The smallest absolute Gasteiger partial charge is 0.338 e. The number of hydrogen-bond acceptors (Lipinski definition) is 4. The van der Waals surface area contributed by atoms with E-state index in [9.17, 15) is 9.90 Å². The van der Waals surface area contributed by atoms with E-state index in [0.29, 0.717) is 21.3 Å². The highest BCUT2D eigenvalue weighted by atomic mass is 127. The Labute approximate surface area is 102 Å². The number of nitrogens with two attached hydrogens (primary N) is 1. The second-order valence-corrected chi connectivity index (χ2v) is 4.05. The van der Waals surface area contributed by atoms with E-state index in [1.807, 2.05) is 22.6 Å². The molecule has 0 amide bonds. The van der Waals surface area contributed by atoms with Crippen LogP contribution in [0.4, 0.5) is 0 Å². The van der Waals surface area contributed by atoms with Crippen molar-refractivity contribution >= 4 is 28.6 Å². The number of ether oxygens (including phenoxy) is 1. The van der Waals surface area contributed by atoms with Crippen LogP contribution in [0.2, 0.25) is 0 Å². The normalized spacial score (nSPS) is 10.1. The van der Waals surface area contributed by atoms with Gasteiger partial charge in [0.15, 0.2) is 0 Å². The van der Waals surface area contributed by atoms with Crippen molar-refractivity contribution in [1.82, 2.24) is 0 Å². The maximum atomic E-state index is 11.4. The largest absolute Gasteiger partial charge is 0.507 e. The quantitative estimate of drug-likeness (QED) is 0.656. The summed E-state index contributed by atoms with van der Waals surface area (Å²) in [6, 6.07) is 3.13. The molecule has 0 aliphatic heterocycles. The highest BCUT2D eigenvalue weighted by Crippen LogP contribution is 2.26. The van der Waals surface area contributed by atoms with E-state index < -0.39 is 5.97 Å². The minimum atomic E-state index is -0.398. The summed E-state index contributed by atoms with van der Waals surface area (Å²) >= 11 is 1.95. The molecule has 3 N–H and O–H groups in total. The number of phenolic OH excluding ortho intramolecular Hbond substituents is 1. The zero-order valence-electron chi connectivity index (χ0n) is 8.29. The number of benzene rings is 1. The van der Waals surface area contributed by atoms with Gasteiger partial charge in [0.05, 0.1) is 15.7 Å². The molecular weight excluding hydrogens is 309 g/mol. The van der Waals surface area contributed by atoms with Crippen LogP contribution in [0.15, 0.2) is 12.1 Å². The minimum Gasteiger partial charge on any atom is -0.507 e. The maximum absolute atomic E-state index is 11.4. The Morgan fingerprint density at radius 1 is 1.60 bits per heavy atom. The number of carbonyl (C=O) groups is 1. The fourth-order valence-electron chi connectivity index (χ4n) is 1.14. The van der Waals surface area contributed by atoms with Gasteiger partial charge in [0.25, 0.3) is 0 Å². The van der Waals surface area contributed by atoms with E-state index >= 15 is 0 Å². The van der Waals surface area contributed by atoms with E-state index in [0.717, 1.165) is 0 Å². The Balaban J connectivity index is 3.10. The van der Waals surface area contributed by atoms with Crippen molar-refractivity contribution < 1.29 is 14.6 Å². The van der Waals surface area contributed by atoms with Gasteiger partial charge >= 0.3 is 5.97 Å². The number of rotatable bonds is 3. The van der Waals surface area contributed by atoms with Gasteiger partial charge in [-0.1, -0.05) is 0 Å². The first-order valence-electron chi connectivity index (χ1n) is 4.48. The summed E-state index contributed by atoms with van der Waals surface area (Å²) < 4.78 is 5.45. The molecule has 0 aliphatic carbocycles. The minimum absolute atomic E-state index is 0.131. The van der Waals surface area contributed by atoms with Crippen molar-refractivity contribution in [1.29, 1.82) is 0 Å². The molecular formula is C10H12INO3. The lowest BCUT2D eigenvalue weighted by molar-refractivity contribution is 0.0526. The lowest BCUT2D eigenvalue weighted by Crippen LogP contribution is -2.07. The van der Waals surface area contributed by atoms with Crippen LogP contribution < -0.4 is 5.73 Å². The van der Waals surface area contributed by atoms with Crippen LogP contribution in [0.25, 0.3) is 0 Å². The lowest BCUT2D eigenvalue weighted by Gasteiger charge is -2.07. The van der Waals surface area contributed by atoms with Gasteiger partial charge in [0, 0.05) is 12.1 Å². The molecule has 0 saturated heterocycles. The van der Waals surface area contributed by atoms with Crippen molar-refractivity contribution in [3.8, 4) is 5.75 Å². The molecule has 1 rings (SSSR count). The van der Waals surface area contributed by atoms with Crippen LogP contribution in [-0.4, -0.2) is 17.7 Å². The molecule has 0 atom stereocenters. The highest BCUT2D eigenvalue weighted by Gasteiger charge is 2.12. The molecule has 1 aromatic carbocycles. The summed E-state index contributed by atoms with van der Waals surface area (Å²) in [7, 11) is 0. The average Bonchev–Trinajstić information content (AvgIpc) is 2.22. The van der Waals surface area contributed by atoms with Gasteiger partial charge in [-0.2, -0.15) is 0 Å². The van der Waals surface area contributed by atoms with Gasteiger partial charge in [0.1, 0.15) is 5.75 Å². The van der Waals surface area contributed by atoms with Crippen LogP contribution in [0, 0.1) is 3.57 Å². The molecule has 5 heteroatoms. The average molecular weight is 321 g/mol. The third kappa shape index (κ3) is 2.82. The molecule has 0 heterocycles. The third-order valence-electron chi connectivity index (χ3n) is 1.87. The molecule has 0 spiro atoms. The number of aromatic hydroxyl groups is 1. The first kappa shape index (κ1) is 12.3. The number of hydrogen-bond donors (Lipinski definition) is 2. The number of phenols is 1. The predicted octanol–water partition coefficient (Wildman–Crippen LogP) is 1.63. The summed E-state index contributed by atoms with van der Waals surface area (Å²) in [5.41, 5.74) is 6.41. The summed E-state index contributed by atoms with van der Waals surface area (Å²) in [5, 5.41) is 9.59. The zero-order chi connectivity index (χ0) is 11.4. The zero-order valence-corrected chi connectivity index (χ0v) is 10.4. The second-order valence-electron chi connectivity index (χ2n) is 2.89. The Bertz CT molecular complexity index is 379. The van der Waals surface area contributed by atoms with Crippen LogP contribution in [0.1, 0.15) is 22.8 Å². The molecule has 0 bridgehead atoms. The topological polar surface area (TPSA) is 72.5 Å². The Morgan fingerprint density at radius 3 is 2.80 bits per heavy atom. The Hall–Kier alpha value is -0.820. The molecule has 0 radical (unpaired) electrons. The first-order valence-corrected chi connectivity index (χ1v) is 5.56. The Morgan fingerprint density at radius 2 is 2.27 bits per heavy atom. The number of esters is 1. The molecule has 0 aromatic heterocycles. The molecule has 15 heavy (non-hydrogen) atoms. The standard InChI is InChI=1S/C10H12INO3/c1-2-15-10(14)6-3-7(5-12)9(13)8(11)4-6/h3-4,13H,2,5,12H2,1H3. The van der Waals surface area contributed by atoms with Crippen LogP contribution in [-0.2, 0) is 11.3 Å². The predicted molar refractivity (Wildman–Crippen MR) is 64.7 cm³/mol. The third-order valence-corrected chi connectivity index (χ3v) is 2.70. The van der Waals surface area contributed by atoms with Gasteiger partial charge in [0.2, 0.25) is 0 Å². The highest BCUT2D eigenvalue weighted by molar-refractivity contribution is 14.1. The van der Waals surface area contributed by atoms with Gasteiger partial charge in [-0.05, 0) is 41.6 Å². The SMILES string of the molecule is CCOC(=O)c1cc(I)c(O)c(CN)c1. The van der Waals surface area contributed by atoms with E-state index in [-0.39, 0.29) is 12.3 Å². The van der Waals surface area contributed by atoms with Gasteiger partial charge in [-0.15, -0.1) is 0 Å². The molecule has 4 nitrogen and oxygen atoms in total. The number of carbonyl (C=O) groups excluding carboxylic acids is 1. The van der Waals surface area contributed by atoms with Crippen molar-refractivity contribution in [2.24, 2.45) is 5.73 Å². The van der Waals surface area contributed by atoms with E-state index in [1.54, 1.807) is 19.1 Å². The molecule has 0 unspecified atom stereocenters. The summed E-state index contributed by atoms with van der Waals surface area (Å²) in [4.78, 5) is 11.4. The maximum Gasteiger partial charge on any atom is 0.338 e. The van der Waals surface area contributed by atoms with Crippen molar-refractivity contribution in [2.45, 2.75) is 13.5 Å². The van der Waals surface area contributed by atoms with Crippen molar-refractivity contribution in [2.75, 3.05) is 6.61 Å². The molecule has 1 aromatic rings.